The number of alkyl halides is 6. The van der Waals surface area contributed by atoms with Crippen molar-refractivity contribution in [2.24, 2.45) is 0 Å². The number of H-pyrrole nitrogens is 1. The molecule has 2 heterocycles. The van der Waals surface area contributed by atoms with Gasteiger partial charge >= 0.3 is 18.3 Å². The van der Waals surface area contributed by atoms with E-state index in [4.69, 9.17) is 0 Å². The molecule has 0 aliphatic carbocycles. The Labute approximate surface area is 236 Å². The Morgan fingerprint density at radius 2 is 1.50 bits per heavy atom. The molecule has 1 saturated heterocycles. The van der Waals surface area contributed by atoms with Gasteiger partial charge in [-0.3, -0.25) is 14.5 Å². The van der Waals surface area contributed by atoms with Gasteiger partial charge in [0.05, 0.1) is 11.1 Å². The van der Waals surface area contributed by atoms with E-state index in [9.17, 15) is 41.0 Å². The Morgan fingerprint density at radius 1 is 0.881 bits per heavy atom. The first-order chi connectivity index (χ1) is 19.8. The van der Waals surface area contributed by atoms with Crippen molar-refractivity contribution < 1.29 is 41.0 Å². The number of carbonyl (C=O) groups excluding carboxylic acids is 1. The largest absolute Gasteiger partial charge is 0.480 e. The molecule has 0 saturated carbocycles. The molecular weight excluding hydrogens is 564 g/mol. The maximum atomic E-state index is 13.7. The van der Waals surface area contributed by atoms with Crippen LogP contribution in [0.3, 0.4) is 0 Å². The summed E-state index contributed by atoms with van der Waals surface area (Å²) in [6.45, 7) is -0.0602. The van der Waals surface area contributed by atoms with Crippen LogP contribution in [0.4, 0.5) is 26.3 Å². The van der Waals surface area contributed by atoms with Gasteiger partial charge in [-0.2, -0.15) is 26.3 Å². The molecule has 1 amide bonds. The monoisotopic (exact) mass is 589 g/mol. The summed E-state index contributed by atoms with van der Waals surface area (Å²) < 4.78 is 81.2. The number of benzene rings is 3. The summed E-state index contributed by atoms with van der Waals surface area (Å²) in [5.74, 6) is -2.12. The SMILES string of the molecule is O=C(O)[C@@H](c1ccccc1)N1CCN(C(=O)c2cc(C(F)(F)F)cc(C(F)(F)F)c2)[C@H](Cc2c[nH]c3ccccc23)C1. The number of para-hydroxylation sites is 1. The minimum absolute atomic E-state index is 0.0161. The van der Waals surface area contributed by atoms with Crippen molar-refractivity contribution in [1.29, 1.82) is 0 Å². The molecule has 6 nitrogen and oxygen atoms in total. The molecule has 220 valence electrons. The van der Waals surface area contributed by atoms with Crippen LogP contribution in [0, 0.1) is 0 Å². The number of carbonyl (C=O) groups is 2. The smallest absolute Gasteiger partial charge is 0.416 e. The Bertz CT molecular complexity index is 1570. The molecule has 5 rings (SSSR count). The number of halogens is 6. The van der Waals surface area contributed by atoms with E-state index in [1.807, 2.05) is 24.3 Å². The Morgan fingerprint density at radius 3 is 2.12 bits per heavy atom. The van der Waals surface area contributed by atoms with E-state index < -0.39 is 53.0 Å². The van der Waals surface area contributed by atoms with E-state index in [-0.39, 0.29) is 32.1 Å². The second kappa shape index (κ2) is 11.2. The lowest BCUT2D eigenvalue weighted by atomic mass is 9.96. The van der Waals surface area contributed by atoms with E-state index >= 15 is 0 Å². The number of rotatable bonds is 6. The lowest BCUT2D eigenvalue weighted by Crippen LogP contribution is -2.57. The van der Waals surface area contributed by atoms with Gasteiger partial charge in [0.2, 0.25) is 0 Å². The van der Waals surface area contributed by atoms with Crippen LogP contribution in [-0.2, 0) is 23.6 Å². The van der Waals surface area contributed by atoms with Crippen molar-refractivity contribution in [3.8, 4) is 0 Å². The number of carboxylic acid groups (broad SMARTS) is 1. The van der Waals surface area contributed by atoms with Crippen LogP contribution in [0.1, 0.15) is 38.7 Å². The highest BCUT2D eigenvalue weighted by atomic mass is 19.4. The predicted octanol–water partition coefficient (Wildman–Crippen LogP) is 6.40. The molecule has 2 N–H and O–H groups in total. The number of hydrogen-bond acceptors (Lipinski definition) is 3. The highest BCUT2D eigenvalue weighted by Crippen LogP contribution is 2.37. The number of fused-ring (bicyclic) bond motifs is 1. The summed E-state index contributed by atoms with van der Waals surface area (Å²) in [6.07, 6.45) is -8.31. The maximum absolute atomic E-state index is 13.7. The number of carboxylic acids is 1. The van der Waals surface area contributed by atoms with Crippen LogP contribution < -0.4 is 0 Å². The van der Waals surface area contributed by atoms with E-state index in [1.54, 1.807) is 41.4 Å². The molecule has 1 aromatic heterocycles. The number of nitrogens with one attached hydrogen (secondary N) is 1. The first kappa shape index (κ1) is 29.2. The van der Waals surface area contributed by atoms with Crippen molar-refractivity contribution in [2.75, 3.05) is 19.6 Å². The van der Waals surface area contributed by atoms with Crippen LogP contribution in [0.5, 0.6) is 0 Å². The van der Waals surface area contributed by atoms with Gasteiger partial charge in [0, 0.05) is 48.3 Å². The number of piperazine rings is 1. The van der Waals surface area contributed by atoms with Crippen LogP contribution in [0.2, 0.25) is 0 Å². The topological polar surface area (TPSA) is 76.6 Å². The third-order valence-corrected chi connectivity index (χ3v) is 7.45. The molecule has 3 aromatic carbocycles. The van der Waals surface area contributed by atoms with E-state index in [0.29, 0.717) is 17.7 Å². The van der Waals surface area contributed by atoms with Crippen molar-refractivity contribution in [2.45, 2.75) is 30.9 Å². The second-order valence-electron chi connectivity index (χ2n) is 10.2. The Kier molecular flexibility index (Phi) is 7.76. The molecule has 0 unspecified atom stereocenters. The van der Waals surface area contributed by atoms with Gasteiger partial charge in [-0.05, 0) is 41.8 Å². The number of aromatic nitrogens is 1. The van der Waals surface area contributed by atoms with Gasteiger partial charge < -0.3 is 15.0 Å². The zero-order valence-corrected chi connectivity index (χ0v) is 21.9. The molecule has 1 aliphatic rings. The fraction of sp³-hybridized carbons (Fsp3) is 0.267. The van der Waals surface area contributed by atoms with E-state index in [1.165, 1.54) is 4.90 Å². The lowest BCUT2D eigenvalue weighted by molar-refractivity contribution is -0.145. The van der Waals surface area contributed by atoms with Crippen LogP contribution in [0.15, 0.2) is 79.0 Å². The van der Waals surface area contributed by atoms with Gasteiger partial charge in [-0.25, -0.2) is 0 Å². The van der Waals surface area contributed by atoms with Gasteiger partial charge in [-0.15, -0.1) is 0 Å². The molecule has 1 fully saturated rings. The quantitative estimate of drug-likeness (QED) is 0.255. The van der Waals surface area contributed by atoms with Crippen molar-refractivity contribution in [1.82, 2.24) is 14.8 Å². The first-order valence-corrected chi connectivity index (χ1v) is 13.0. The first-order valence-electron chi connectivity index (χ1n) is 13.0. The molecule has 12 heteroatoms. The summed E-state index contributed by atoms with van der Waals surface area (Å²) in [5.41, 5.74) is -1.83. The lowest BCUT2D eigenvalue weighted by Gasteiger charge is -2.43. The summed E-state index contributed by atoms with van der Waals surface area (Å²) in [5, 5.41) is 10.9. The summed E-state index contributed by atoms with van der Waals surface area (Å²) >= 11 is 0. The van der Waals surface area contributed by atoms with Crippen LogP contribution in [-0.4, -0.2) is 57.4 Å². The normalized spacial score (nSPS) is 17.4. The third-order valence-electron chi connectivity index (χ3n) is 7.45. The van der Waals surface area contributed by atoms with E-state index in [2.05, 4.69) is 4.98 Å². The zero-order chi connectivity index (χ0) is 30.2. The molecule has 0 spiro atoms. The fourth-order valence-corrected chi connectivity index (χ4v) is 5.50. The highest BCUT2D eigenvalue weighted by molar-refractivity contribution is 5.95. The predicted molar refractivity (Wildman–Crippen MR) is 142 cm³/mol. The maximum Gasteiger partial charge on any atom is 0.416 e. The number of nitrogens with zero attached hydrogens (tertiary/aromatic N) is 2. The van der Waals surface area contributed by atoms with Crippen LogP contribution in [0.25, 0.3) is 10.9 Å². The zero-order valence-electron chi connectivity index (χ0n) is 21.9. The number of hydrogen-bond donors (Lipinski definition) is 2. The highest BCUT2D eigenvalue weighted by Gasteiger charge is 2.40. The minimum Gasteiger partial charge on any atom is -0.480 e. The van der Waals surface area contributed by atoms with Crippen molar-refractivity contribution in [3.05, 3.63) is 107 Å². The minimum atomic E-state index is -5.11. The number of aliphatic carboxylic acids is 1. The Hall–Kier alpha value is -4.32. The standard InChI is InChI=1S/C30H25F6N3O3/c31-29(32,33)21-12-19(13-22(15-21)30(34,35)36)27(40)39-11-10-38(26(28(41)42)18-6-2-1-3-7-18)17-23(39)14-20-16-37-25-9-5-4-8-24(20)25/h1-9,12-13,15-16,23,26,37H,10-11,14,17H2,(H,41,42)/t23-,26-/m1/s1. The van der Waals surface area contributed by atoms with Gasteiger partial charge in [0.1, 0.15) is 6.04 Å². The van der Waals surface area contributed by atoms with Gasteiger partial charge in [0.25, 0.3) is 5.91 Å². The van der Waals surface area contributed by atoms with Gasteiger partial charge in [-0.1, -0.05) is 48.5 Å². The van der Waals surface area contributed by atoms with Crippen molar-refractivity contribution >= 4 is 22.8 Å². The summed E-state index contributed by atoms with van der Waals surface area (Å²) in [6, 6.07) is 14.8. The fourth-order valence-electron chi connectivity index (χ4n) is 5.50. The average molecular weight is 590 g/mol. The summed E-state index contributed by atoms with van der Waals surface area (Å²) in [7, 11) is 0. The third kappa shape index (κ3) is 5.98. The van der Waals surface area contributed by atoms with Gasteiger partial charge in [0.15, 0.2) is 0 Å². The molecule has 0 bridgehead atoms. The molecule has 4 aromatic rings. The molecule has 42 heavy (non-hydrogen) atoms. The van der Waals surface area contributed by atoms with Crippen molar-refractivity contribution in [3.63, 3.8) is 0 Å². The Balaban J connectivity index is 1.54. The molecular formula is C30H25F6N3O3. The molecule has 2 atom stereocenters. The number of amides is 1. The number of aromatic amines is 1. The average Bonchev–Trinajstić information content (AvgIpc) is 3.35. The molecule has 0 radical (unpaired) electrons. The molecule has 1 aliphatic heterocycles. The summed E-state index contributed by atoms with van der Waals surface area (Å²) in [4.78, 5) is 32.1. The van der Waals surface area contributed by atoms with Crippen LogP contribution >= 0.6 is 0 Å². The van der Waals surface area contributed by atoms with E-state index in [0.717, 1.165) is 16.5 Å². The second-order valence-corrected chi connectivity index (χ2v) is 10.2.